The van der Waals surface area contributed by atoms with E-state index in [-0.39, 0.29) is 11.8 Å². The fourth-order valence-corrected chi connectivity index (χ4v) is 1.71. The summed E-state index contributed by atoms with van der Waals surface area (Å²) in [6.07, 6.45) is 0.796. The third-order valence-electron chi connectivity index (χ3n) is 2.85. The van der Waals surface area contributed by atoms with Crippen molar-refractivity contribution in [3.05, 3.63) is 65.5 Å². The minimum absolute atomic E-state index is 0.270. The van der Waals surface area contributed by atoms with Crippen LogP contribution in [0, 0.1) is 5.82 Å². The van der Waals surface area contributed by atoms with Gasteiger partial charge in [0.25, 0.3) is 0 Å². The molecule has 21 heavy (non-hydrogen) atoms. The maximum Gasteiger partial charge on any atom is 0.338 e. The SMILES string of the molecule is CCCOC(=O)c1ccc(OCc2ccc(F)cc2)cc1. The Balaban J connectivity index is 1.90. The van der Waals surface area contributed by atoms with Crippen molar-refractivity contribution in [2.45, 2.75) is 20.0 Å². The fourth-order valence-electron chi connectivity index (χ4n) is 1.71. The van der Waals surface area contributed by atoms with E-state index in [1.54, 1.807) is 36.4 Å². The molecule has 0 N–H and O–H groups in total. The highest BCUT2D eigenvalue weighted by atomic mass is 19.1. The molecular weight excluding hydrogens is 271 g/mol. The molecule has 0 atom stereocenters. The van der Waals surface area contributed by atoms with Gasteiger partial charge >= 0.3 is 5.97 Å². The zero-order valence-electron chi connectivity index (χ0n) is 11.8. The molecular formula is C17H17FO3. The largest absolute Gasteiger partial charge is 0.489 e. The van der Waals surface area contributed by atoms with Crippen LogP contribution in [-0.2, 0) is 11.3 Å². The van der Waals surface area contributed by atoms with Crippen molar-refractivity contribution >= 4 is 5.97 Å². The molecule has 0 saturated heterocycles. The highest BCUT2D eigenvalue weighted by molar-refractivity contribution is 5.89. The summed E-state index contributed by atoms with van der Waals surface area (Å²) in [7, 11) is 0. The summed E-state index contributed by atoms with van der Waals surface area (Å²) in [5.74, 6) is 0.0435. The predicted molar refractivity (Wildman–Crippen MR) is 77.7 cm³/mol. The number of hydrogen-bond donors (Lipinski definition) is 0. The number of benzene rings is 2. The maximum atomic E-state index is 12.8. The highest BCUT2D eigenvalue weighted by Gasteiger charge is 2.06. The van der Waals surface area contributed by atoms with Crippen LogP contribution in [0.25, 0.3) is 0 Å². The van der Waals surface area contributed by atoms with E-state index in [1.807, 2.05) is 6.92 Å². The summed E-state index contributed by atoms with van der Waals surface area (Å²) < 4.78 is 23.4. The Kier molecular flexibility index (Phi) is 5.32. The van der Waals surface area contributed by atoms with Gasteiger partial charge in [-0.2, -0.15) is 0 Å². The molecule has 2 aromatic carbocycles. The number of ether oxygens (including phenoxy) is 2. The summed E-state index contributed by atoms with van der Waals surface area (Å²) in [6.45, 7) is 2.71. The predicted octanol–water partition coefficient (Wildman–Crippen LogP) is 3.97. The lowest BCUT2D eigenvalue weighted by atomic mass is 10.2. The molecule has 0 amide bonds. The molecule has 0 radical (unpaired) electrons. The van der Waals surface area contributed by atoms with Crippen molar-refractivity contribution < 1.29 is 18.7 Å². The molecule has 0 saturated carbocycles. The minimum Gasteiger partial charge on any atom is -0.489 e. The van der Waals surface area contributed by atoms with Gasteiger partial charge in [0.05, 0.1) is 12.2 Å². The van der Waals surface area contributed by atoms with E-state index in [0.717, 1.165) is 12.0 Å². The van der Waals surface area contributed by atoms with Gasteiger partial charge in [-0.15, -0.1) is 0 Å². The molecule has 0 aliphatic heterocycles. The molecule has 0 unspecified atom stereocenters. The van der Waals surface area contributed by atoms with Gasteiger partial charge in [0.15, 0.2) is 0 Å². The van der Waals surface area contributed by atoms with E-state index in [2.05, 4.69) is 0 Å². The van der Waals surface area contributed by atoms with Gasteiger partial charge in [0.2, 0.25) is 0 Å². The van der Waals surface area contributed by atoms with E-state index < -0.39 is 0 Å². The summed E-state index contributed by atoms with van der Waals surface area (Å²) in [6, 6.07) is 12.9. The topological polar surface area (TPSA) is 35.5 Å². The average molecular weight is 288 g/mol. The van der Waals surface area contributed by atoms with Crippen LogP contribution in [0.15, 0.2) is 48.5 Å². The molecule has 0 fully saturated rings. The molecule has 110 valence electrons. The van der Waals surface area contributed by atoms with Crippen LogP contribution in [0.4, 0.5) is 4.39 Å². The summed E-state index contributed by atoms with van der Waals surface area (Å²) in [4.78, 5) is 11.6. The quantitative estimate of drug-likeness (QED) is 0.754. The normalized spacial score (nSPS) is 10.2. The van der Waals surface area contributed by atoms with Gasteiger partial charge in [-0.1, -0.05) is 19.1 Å². The van der Waals surface area contributed by atoms with Crippen LogP contribution in [0.1, 0.15) is 29.3 Å². The molecule has 0 bridgehead atoms. The Morgan fingerprint density at radius 2 is 1.71 bits per heavy atom. The van der Waals surface area contributed by atoms with Gasteiger partial charge in [-0.25, -0.2) is 9.18 Å². The van der Waals surface area contributed by atoms with Gasteiger partial charge in [-0.05, 0) is 48.4 Å². The standard InChI is InChI=1S/C17H17FO3/c1-2-11-20-17(19)14-5-9-16(10-6-14)21-12-13-3-7-15(18)8-4-13/h3-10H,2,11-12H2,1H3. The molecule has 0 aliphatic carbocycles. The number of halogens is 1. The summed E-state index contributed by atoms with van der Waals surface area (Å²) in [5, 5.41) is 0. The highest BCUT2D eigenvalue weighted by Crippen LogP contribution is 2.15. The lowest BCUT2D eigenvalue weighted by Gasteiger charge is -2.07. The van der Waals surface area contributed by atoms with Gasteiger partial charge < -0.3 is 9.47 Å². The van der Waals surface area contributed by atoms with Crippen molar-refractivity contribution in [1.29, 1.82) is 0 Å². The van der Waals surface area contributed by atoms with E-state index in [0.29, 0.717) is 24.5 Å². The molecule has 2 aromatic rings. The first kappa shape index (κ1) is 15.0. The third-order valence-corrected chi connectivity index (χ3v) is 2.85. The molecule has 2 rings (SSSR count). The molecule has 3 nitrogen and oxygen atoms in total. The van der Waals surface area contributed by atoms with Crippen molar-refractivity contribution in [2.75, 3.05) is 6.61 Å². The molecule has 0 aliphatic rings. The summed E-state index contributed by atoms with van der Waals surface area (Å²) >= 11 is 0. The Morgan fingerprint density at radius 1 is 1.05 bits per heavy atom. The van der Waals surface area contributed by atoms with Crippen molar-refractivity contribution in [1.82, 2.24) is 0 Å². The lowest BCUT2D eigenvalue weighted by molar-refractivity contribution is 0.0505. The molecule has 0 aromatic heterocycles. The number of carbonyl (C=O) groups excluding carboxylic acids is 1. The first-order valence-electron chi connectivity index (χ1n) is 6.83. The van der Waals surface area contributed by atoms with Crippen LogP contribution < -0.4 is 4.74 Å². The van der Waals surface area contributed by atoms with Crippen LogP contribution >= 0.6 is 0 Å². The van der Waals surface area contributed by atoms with Crippen LogP contribution in [0.5, 0.6) is 5.75 Å². The lowest BCUT2D eigenvalue weighted by Crippen LogP contribution is -2.05. The molecule has 0 spiro atoms. The van der Waals surface area contributed by atoms with E-state index in [9.17, 15) is 9.18 Å². The van der Waals surface area contributed by atoms with E-state index in [4.69, 9.17) is 9.47 Å². The van der Waals surface area contributed by atoms with Crippen molar-refractivity contribution in [2.24, 2.45) is 0 Å². The smallest absolute Gasteiger partial charge is 0.338 e. The van der Waals surface area contributed by atoms with Crippen LogP contribution in [0.3, 0.4) is 0 Å². The maximum absolute atomic E-state index is 12.8. The number of hydrogen-bond acceptors (Lipinski definition) is 3. The van der Waals surface area contributed by atoms with Crippen LogP contribution in [-0.4, -0.2) is 12.6 Å². The average Bonchev–Trinajstić information content (AvgIpc) is 2.52. The number of carbonyl (C=O) groups is 1. The first-order chi connectivity index (χ1) is 10.2. The Labute approximate surface area is 123 Å². The van der Waals surface area contributed by atoms with Gasteiger partial charge in [-0.3, -0.25) is 0 Å². The second-order valence-electron chi connectivity index (χ2n) is 4.58. The first-order valence-corrected chi connectivity index (χ1v) is 6.83. The van der Waals surface area contributed by atoms with Crippen LogP contribution in [0.2, 0.25) is 0 Å². The fraction of sp³-hybridized carbons (Fsp3) is 0.235. The Morgan fingerprint density at radius 3 is 2.33 bits per heavy atom. The van der Waals surface area contributed by atoms with E-state index >= 15 is 0 Å². The minimum atomic E-state index is -0.332. The number of esters is 1. The van der Waals surface area contributed by atoms with Crippen molar-refractivity contribution in [3.8, 4) is 5.75 Å². The molecule has 4 heteroatoms. The second-order valence-corrected chi connectivity index (χ2v) is 4.58. The Hall–Kier alpha value is -2.36. The van der Waals surface area contributed by atoms with Gasteiger partial charge in [0, 0.05) is 0 Å². The Bertz CT molecular complexity index is 576. The summed E-state index contributed by atoms with van der Waals surface area (Å²) in [5.41, 5.74) is 1.38. The molecule has 0 heterocycles. The van der Waals surface area contributed by atoms with E-state index in [1.165, 1.54) is 12.1 Å². The number of rotatable bonds is 6. The van der Waals surface area contributed by atoms with Crippen molar-refractivity contribution in [3.63, 3.8) is 0 Å². The zero-order valence-corrected chi connectivity index (χ0v) is 11.8. The zero-order chi connectivity index (χ0) is 15.1. The monoisotopic (exact) mass is 288 g/mol. The second kappa shape index (κ2) is 7.43. The third kappa shape index (κ3) is 4.60. The van der Waals surface area contributed by atoms with Gasteiger partial charge in [0.1, 0.15) is 18.2 Å².